The molecule has 0 spiro atoms. The zero-order valence-corrected chi connectivity index (χ0v) is 12.7. The van der Waals surface area contributed by atoms with Crippen molar-refractivity contribution in [1.82, 2.24) is 15.1 Å². The molecule has 0 bridgehead atoms. The number of aryl methyl sites for hydroxylation is 2. The lowest BCUT2D eigenvalue weighted by Crippen LogP contribution is -2.38. The summed E-state index contributed by atoms with van der Waals surface area (Å²) in [7, 11) is 0. The average molecular weight is 287 g/mol. The third-order valence-corrected chi connectivity index (χ3v) is 3.15. The smallest absolute Gasteiger partial charge is 0.260 e. The highest BCUT2D eigenvalue weighted by Crippen LogP contribution is 2.10. The van der Waals surface area contributed by atoms with Crippen molar-refractivity contribution in [1.29, 1.82) is 0 Å². The first-order valence-corrected chi connectivity index (χ1v) is 7.07. The third-order valence-electron chi connectivity index (χ3n) is 3.15. The number of benzene rings is 1. The first-order valence-electron chi connectivity index (χ1n) is 7.07. The summed E-state index contributed by atoms with van der Waals surface area (Å²) in [6.45, 7) is 6.89. The first kappa shape index (κ1) is 15.1. The lowest BCUT2D eigenvalue weighted by molar-refractivity contribution is -0.127. The summed E-state index contributed by atoms with van der Waals surface area (Å²) in [6, 6.07) is 11.3. The van der Waals surface area contributed by atoms with Gasteiger partial charge in [-0.25, -0.2) is 0 Å². The fourth-order valence-electron chi connectivity index (χ4n) is 2.09. The minimum absolute atomic E-state index is 0.125. The van der Waals surface area contributed by atoms with Crippen LogP contribution < -0.4 is 10.1 Å². The van der Waals surface area contributed by atoms with Crippen molar-refractivity contribution in [3.63, 3.8) is 0 Å². The molecule has 2 rings (SSSR count). The molecule has 1 amide bonds. The van der Waals surface area contributed by atoms with Crippen molar-refractivity contribution in [2.45, 2.75) is 33.4 Å². The highest BCUT2D eigenvalue weighted by molar-refractivity contribution is 5.80. The van der Waals surface area contributed by atoms with E-state index in [1.165, 1.54) is 0 Å². The maximum Gasteiger partial charge on any atom is 0.260 e. The zero-order chi connectivity index (χ0) is 15.2. The minimum Gasteiger partial charge on any atom is -0.481 e. The molecule has 5 heteroatoms. The molecule has 2 aromatic rings. The van der Waals surface area contributed by atoms with E-state index in [9.17, 15) is 4.79 Å². The molecule has 0 aliphatic carbocycles. The van der Waals surface area contributed by atoms with Gasteiger partial charge in [0.2, 0.25) is 0 Å². The second-order valence-electron chi connectivity index (χ2n) is 5.01. The summed E-state index contributed by atoms with van der Waals surface area (Å²) >= 11 is 0. The standard InChI is InChI=1S/C16H21N3O2/c1-12-11-13(2)19(18-12)10-9-17-16(20)14(3)21-15-7-5-4-6-8-15/h4-8,11,14H,9-10H2,1-3H3,(H,17,20). The summed E-state index contributed by atoms with van der Waals surface area (Å²) in [6.07, 6.45) is -0.521. The van der Waals surface area contributed by atoms with E-state index >= 15 is 0 Å². The van der Waals surface area contributed by atoms with E-state index in [4.69, 9.17) is 4.74 Å². The Morgan fingerprint density at radius 2 is 2.05 bits per heavy atom. The van der Waals surface area contributed by atoms with Crippen LogP contribution in [0.1, 0.15) is 18.3 Å². The van der Waals surface area contributed by atoms with Crippen LogP contribution in [0.3, 0.4) is 0 Å². The second kappa shape index (κ2) is 6.92. The number of aromatic nitrogens is 2. The molecule has 0 fully saturated rings. The van der Waals surface area contributed by atoms with Gasteiger partial charge < -0.3 is 10.1 Å². The number of para-hydroxylation sites is 1. The number of nitrogens with zero attached hydrogens (tertiary/aromatic N) is 2. The largest absolute Gasteiger partial charge is 0.481 e. The molecule has 21 heavy (non-hydrogen) atoms. The van der Waals surface area contributed by atoms with Gasteiger partial charge in [0, 0.05) is 12.2 Å². The van der Waals surface area contributed by atoms with Crippen LogP contribution in [0, 0.1) is 13.8 Å². The van der Waals surface area contributed by atoms with Gasteiger partial charge in [-0.2, -0.15) is 5.10 Å². The van der Waals surface area contributed by atoms with Crippen molar-refractivity contribution in [3.05, 3.63) is 47.8 Å². The van der Waals surface area contributed by atoms with Gasteiger partial charge in [0.15, 0.2) is 6.10 Å². The summed E-state index contributed by atoms with van der Waals surface area (Å²) in [5, 5.41) is 7.22. The molecule has 5 nitrogen and oxygen atoms in total. The van der Waals surface area contributed by atoms with Gasteiger partial charge in [-0.15, -0.1) is 0 Å². The highest BCUT2D eigenvalue weighted by atomic mass is 16.5. The topological polar surface area (TPSA) is 56.2 Å². The van der Waals surface area contributed by atoms with E-state index in [1.807, 2.05) is 54.9 Å². The second-order valence-corrected chi connectivity index (χ2v) is 5.01. The predicted octanol–water partition coefficient (Wildman–Crippen LogP) is 2.08. The van der Waals surface area contributed by atoms with Gasteiger partial charge in [-0.05, 0) is 39.0 Å². The maximum absolute atomic E-state index is 12.0. The molecule has 1 N–H and O–H groups in total. The lowest BCUT2D eigenvalue weighted by Gasteiger charge is -2.14. The molecule has 1 heterocycles. The fourth-order valence-corrected chi connectivity index (χ4v) is 2.09. The van der Waals surface area contributed by atoms with Crippen molar-refractivity contribution in [3.8, 4) is 5.75 Å². The molecule has 1 aromatic carbocycles. The maximum atomic E-state index is 12.0. The molecule has 0 saturated heterocycles. The fraction of sp³-hybridized carbons (Fsp3) is 0.375. The lowest BCUT2D eigenvalue weighted by atomic mass is 10.3. The Kier molecular flexibility index (Phi) is 4.98. The molecule has 1 unspecified atom stereocenters. The van der Waals surface area contributed by atoms with Gasteiger partial charge in [0.05, 0.1) is 12.2 Å². The van der Waals surface area contributed by atoms with E-state index < -0.39 is 6.10 Å². The first-order chi connectivity index (χ1) is 10.1. The highest BCUT2D eigenvalue weighted by Gasteiger charge is 2.14. The Hall–Kier alpha value is -2.30. The summed E-state index contributed by atoms with van der Waals surface area (Å²) in [5.74, 6) is 0.569. The number of nitrogens with one attached hydrogen (secondary N) is 1. The van der Waals surface area contributed by atoms with E-state index in [2.05, 4.69) is 10.4 Å². The van der Waals surface area contributed by atoms with Crippen LogP contribution in [0.25, 0.3) is 0 Å². The molecule has 1 atom stereocenters. The molecular weight excluding hydrogens is 266 g/mol. The summed E-state index contributed by atoms with van der Waals surface area (Å²) in [4.78, 5) is 12.0. The number of ether oxygens (including phenoxy) is 1. The molecule has 0 saturated carbocycles. The number of hydrogen-bond donors (Lipinski definition) is 1. The van der Waals surface area contributed by atoms with Crippen LogP contribution in [0.5, 0.6) is 5.75 Å². The minimum atomic E-state index is -0.521. The molecule has 112 valence electrons. The van der Waals surface area contributed by atoms with Crippen LogP contribution in [0.2, 0.25) is 0 Å². The molecule has 0 aliphatic rings. The van der Waals surface area contributed by atoms with Crippen LogP contribution in [0.4, 0.5) is 0 Å². The Labute approximate surface area is 124 Å². The summed E-state index contributed by atoms with van der Waals surface area (Å²) < 4.78 is 7.46. The van der Waals surface area contributed by atoms with Gasteiger partial charge in [0.1, 0.15) is 5.75 Å². The van der Waals surface area contributed by atoms with E-state index in [0.717, 1.165) is 11.4 Å². The number of carbonyl (C=O) groups is 1. The Morgan fingerprint density at radius 3 is 2.67 bits per heavy atom. The number of hydrogen-bond acceptors (Lipinski definition) is 3. The van der Waals surface area contributed by atoms with E-state index in [0.29, 0.717) is 18.8 Å². The Morgan fingerprint density at radius 1 is 1.33 bits per heavy atom. The monoisotopic (exact) mass is 287 g/mol. The van der Waals surface area contributed by atoms with Gasteiger partial charge in [-0.3, -0.25) is 9.48 Å². The zero-order valence-electron chi connectivity index (χ0n) is 12.7. The number of amides is 1. The van der Waals surface area contributed by atoms with Gasteiger partial charge in [0.25, 0.3) is 5.91 Å². The Bertz CT molecular complexity index is 593. The molecule has 0 radical (unpaired) electrons. The molecule has 0 aliphatic heterocycles. The van der Waals surface area contributed by atoms with Crippen LogP contribution in [-0.4, -0.2) is 28.3 Å². The number of carbonyl (C=O) groups excluding carboxylic acids is 1. The quantitative estimate of drug-likeness (QED) is 0.885. The van der Waals surface area contributed by atoms with Crippen molar-refractivity contribution >= 4 is 5.91 Å². The van der Waals surface area contributed by atoms with Crippen LogP contribution in [0.15, 0.2) is 36.4 Å². The van der Waals surface area contributed by atoms with Crippen LogP contribution in [-0.2, 0) is 11.3 Å². The molecular formula is C16H21N3O2. The summed E-state index contributed by atoms with van der Waals surface area (Å²) in [5.41, 5.74) is 2.08. The number of rotatable bonds is 6. The normalized spacial score (nSPS) is 12.0. The van der Waals surface area contributed by atoms with Gasteiger partial charge >= 0.3 is 0 Å². The van der Waals surface area contributed by atoms with Crippen LogP contribution >= 0.6 is 0 Å². The van der Waals surface area contributed by atoms with Crippen molar-refractivity contribution < 1.29 is 9.53 Å². The predicted molar refractivity (Wildman–Crippen MR) is 81.2 cm³/mol. The molecule has 1 aromatic heterocycles. The van der Waals surface area contributed by atoms with E-state index in [1.54, 1.807) is 6.92 Å². The average Bonchev–Trinajstić information content (AvgIpc) is 2.78. The van der Waals surface area contributed by atoms with Crippen molar-refractivity contribution in [2.24, 2.45) is 0 Å². The SMILES string of the molecule is Cc1cc(C)n(CCNC(=O)C(C)Oc2ccccc2)n1. The van der Waals surface area contributed by atoms with Gasteiger partial charge in [-0.1, -0.05) is 18.2 Å². The Balaban J connectivity index is 1.77. The third kappa shape index (κ3) is 4.34. The van der Waals surface area contributed by atoms with E-state index in [-0.39, 0.29) is 5.91 Å². The van der Waals surface area contributed by atoms with Crippen molar-refractivity contribution in [2.75, 3.05) is 6.54 Å².